The van der Waals surface area contributed by atoms with Gasteiger partial charge in [0, 0.05) is 30.8 Å². The molecule has 1 aromatic heterocycles. The standard InChI is InChI=1S/C17H23N3S/c1-2-18-13-15-12-14-6-3-4-7-16(14)17(19-15)20-8-5-10-21-11-9-20/h3-4,6-7,12,18H,2,5,8-11,13H2,1H3. The number of anilines is 1. The fourth-order valence-electron chi connectivity index (χ4n) is 2.78. The summed E-state index contributed by atoms with van der Waals surface area (Å²) in [5.74, 6) is 3.64. The van der Waals surface area contributed by atoms with Crippen molar-refractivity contribution < 1.29 is 0 Å². The first kappa shape index (κ1) is 14.7. The fourth-order valence-corrected chi connectivity index (χ4v) is 3.66. The molecule has 0 atom stereocenters. The number of thioether (sulfide) groups is 1. The van der Waals surface area contributed by atoms with Crippen molar-refractivity contribution in [2.24, 2.45) is 0 Å². The van der Waals surface area contributed by atoms with E-state index >= 15 is 0 Å². The van der Waals surface area contributed by atoms with Gasteiger partial charge in [-0.1, -0.05) is 31.2 Å². The average Bonchev–Trinajstić information content (AvgIpc) is 2.81. The van der Waals surface area contributed by atoms with Crippen LogP contribution in [-0.4, -0.2) is 36.1 Å². The van der Waals surface area contributed by atoms with Crippen LogP contribution in [0.3, 0.4) is 0 Å². The molecule has 2 aromatic rings. The summed E-state index contributed by atoms with van der Waals surface area (Å²) in [6.07, 6.45) is 1.25. The predicted octanol–water partition coefficient (Wildman–Crippen LogP) is 3.29. The van der Waals surface area contributed by atoms with Crippen LogP contribution in [-0.2, 0) is 6.54 Å². The maximum absolute atomic E-state index is 4.96. The van der Waals surface area contributed by atoms with E-state index in [-0.39, 0.29) is 0 Å². The van der Waals surface area contributed by atoms with Crippen molar-refractivity contribution in [2.75, 3.05) is 36.0 Å². The quantitative estimate of drug-likeness (QED) is 0.938. The van der Waals surface area contributed by atoms with E-state index in [1.54, 1.807) is 0 Å². The molecule has 1 saturated heterocycles. The van der Waals surface area contributed by atoms with Gasteiger partial charge in [-0.3, -0.25) is 0 Å². The van der Waals surface area contributed by atoms with Crippen molar-refractivity contribution in [3.63, 3.8) is 0 Å². The molecule has 0 spiro atoms. The van der Waals surface area contributed by atoms with E-state index in [9.17, 15) is 0 Å². The van der Waals surface area contributed by atoms with Gasteiger partial charge < -0.3 is 10.2 Å². The van der Waals surface area contributed by atoms with Crippen molar-refractivity contribution in [3.8, 4) is 0 Å². The van der Waals surface area contributed by atoms with E-state index in [1.807, 2.05) is 0 Å². The molecule has 0 bridgehead atoms. The van der Waals surface area contributed by atoms with E-state index < -0.39 is 0 Å². The minimum absolute atomic E-state index is 0.844. The van der Waals surface area contributed by atoms with Crippen LogP contribution in [0.25, 0.3) is 10.8 Å². The Hall–Kier alpha value is -1.26. The predicted molar refractivity (Wildman–Crippen MR) is 93.3 cm³/mol. The van der Waals surface area contributed by atoms with Crippen LogP contribution in [0.15, 0.2) is 30.3 Å². The van der Waals surface area contributed by atoms with Gasteiger partial charge in [-0.2, -0.15) is 11.8 Å². The zero-order valence-electron chi connectivity index (χ0n) is 12.6. The largest absolute Gasteiger partial charge is 0.355 e. The summed E-state index contributed by atoms with van der Waals surface area (Å²) in [5.41, 5.74) is 1.14. The first-order valence-corrected chi connectivity index (χ1v) is 8.96. The topological polar surface area (TPSA) is 28.2 Å². The average molecular weight is 301 g/mol. The van der Waals surface area contributed by atoms with E-state index in [0.717, 1.165) is 31.9 Å². The third kappa shape index (κ3) is 3.50. The van der Waals surface area contributed by atoms with Crippen molar-refractivity contribution in [3.05, 3.63) is 36.0 Å². The Kier molecular flexibility index (Phi) is 4.99. The highest BCUT2D eigenvalue weighted by Crippen LogP contribution is 2.27. The molecule has 1 fully saturated rings. The minimum atomic E-state index is 0.844. The minimum Gasteiger partial charge on any atom is -0.355 e. The van der Waals surface area contributed by atoms with Gasteiger partial charge in [-0.25, -0.2) is 4.98 Å². The monoisotopic (exact) mass is 301 g/mol. The Morgan fingerprint density at radius 1 is 1.24 bits per heavy atom. The Labute approximate surface area is 131 Å². The van der Waals surface area contributed by atoms with Crippen molar-refractivity contribution >= 4 is 28.4 Å². The molecule has 1 aliphatic heterocycles. The Balaban J connectivity index is 2.00. The lowest BCUT2D eigenvalue weighted by atomic mass is 10.1. The first-order valence-electron chi connectivity index (χ1n) is 7.80. The number of hydrogen-bond acceptors (Lipinski definition) is 4. The summed E-state index contributed by atoms with van der Waals surface area (Å²) in [7, 11) is 0. The number of hydrogen-bond donors (Lipinski definition) is 1. The second-order valence-corrected chi connectivity index (χ2v) is 6.62. The molecular weight excluding hydrogens is 278 g/mol. The number of rotatable bonds is 4. The lowest BCUT2D eigenvalue weighted by Crippen LogP contribution is -2.27. The normalized spacial score (nSPS) is 16.1. The molecule has 112 valence electrons. The van der Waals surface area contributed by atoms with Gasteiger partial charge in [0.15, 0.2) is 0 Å². The van der Waals surface area contributed by atoms with Gasteiger partial charge in [0.2, 0.25) is 0 Å². The molecule has 2 heterocycles. The second kappa shape index (κ2) is 7.14. The fraction of sp³-hybridized carbons (Fsp3) is 0.471. The van der Waals surface area contributed by atoms with E-state index in [1.165, 1.54) is 34.5 Å². The molecular formula is C17H23N3S. The number of benzene rings is 1. The van der Waals surface area contributed by atoms with Crippen LogP contribution < -0.4 is 10.2 Å². The summed E-state index contributed by atoms with van der Waals surface area (Å²) >= 11 is 2.06. The number of aromatic nitrogens is 1. The zero-order valence-corrected chi connectivity index (χ0v) is 13.5. The summed E-state index contributed by atoms with van der Waals surface area (Å²) in [6.45, 7) is 6.18. The van der Waals surface area contributed by atoms with Gasteiger partial charge in [0.25, 0.3) is 0 Å². The molecule has 21 heavy (non-hydrogen) atoms. The summed E-state index contributed by atoms with van der Waals surface area (Å²) in [6, 6.07) is 10.8. The van der Waals surface area contributed by atoms with E-state index in [2.05, 4.69) is 59.2 Å². The Morgan fingerprint density at radius 3 is 3.05 bits per heavy atom. The van der Waals surface area contributed by atoms with Crippen LogP contribution in [0, 0.1) is 0 Å². The molecule has 0 unspecified atom stereocenters. The van der Waals surface area contributed by atoms with Gasteiger partial charge in [0.05, 0.1) is 5.69 Å². The smallest absolute Gasteiger partial charge is 0.136 e. The Bertz CT molecular complexity index is 592. The molecule has 0 amide bonds. The van der Waals surface area contributed by atoms with Crippen molar-refractivity contribution in [1.82, 2.24) is 10.3 Å². The molecule has 0 radical (unpaired) electrons. The highest BCUT2D eigenvalue weighted by atomic mass is 32.2. The lowest BCUT2D eigenvalue weighted by molar-refractivity contribution is 0.708. The maximum atomic E-state index is 4.96. The van der Waals surface area contributed by atoms with Crippen LogP contribution in [0.2, 0.25) is 0 Å². The summed E-state index contributed by atoms with van der Waals surface area (Å²) in [5, 5.41) is 5.97. The molecule has 0 aliphatic carbocycles. The Morgan fingerprint density at radius 2 is 2.14 bits per heavy atom. The number of fused-ring (bicyclic) bond motifs is 1. The molecule has 1 aromatic carbocycles. The molecule has 0 saturated carbocycles. The highest BCUT2D eigenvalue weighted by Gasteiger charge is 2.15. The van der Waals surface area contributed by atoms with Crippen LogP contribution in [0.5, 0.6) is 0 Å². The van der Waals surface area contributed by atoms with Gasteiger partial charge in [-0.05, 0) is 30.2 Å². The lowest BCUT2D eigenvalue weighted by Gasteiger charge is -2.23. The second-order valence-electron chi connectivity index (χ2n) is 5.39. The zero-order chi connectivity index (χ0) is 14.5. The summed E-state index contributed by atoms with van der Waals surface area (Å²) in [4.78, 5) is 7.43. The third-order valence-corrected chi connectivity index (χ3v) is 4.90. The van der Waals surface area contributed by atoms with Gasteiger partial charge >= 0.3 is 0 Å². The molecule has 1 aliphatic rings. The summed E-state index contributed by atoms with van der Waals surface area (Å²) < 4.78 is 0. The maximum Gasteiger partial charge on any atom is 0.136 e. The van der Waals surface area contributed by atoms with Crippen LogP contribution in [0.1, 0.15) is 19.0 Å². The van der Waals surface area contributed by atoms with Crippen molar-refractivity contribution in [2.45, 2.75) is 19.9 Å². The molecule has 1 N–H and O–H groups in total. The van der Waals surface area contributed by atoms with E-state index in [4.69, 9.17) is 4.98 Å². The van der Waals surface area contributed by atoms with Crippen LogP contribution in [0.4, 0.5) is 5.82 Å². The SMILES string of the molecule is CCNCc1cc2ccccc2c(N2CCCSCC2)n1. The number of pyridine rings is 1. The number of nitrogens with one attached hydrogen (secondary N) is 1. The molecule has 3 nitrogen and oxygen atoms in total. The first-order chi connectivity index (χ1) is 10.4. The highest BCUT2D eigenvalue weighted by molar-refractivity contribution is 7.99. The van der Waals surface area contributed by atoms with E-state index in [0.29, 0.717) is 0 Å². The van der Waals surface area contributed by atoms with Gasteiger partial charge in [0.1, 0.15) is 5.82 Å². The third-order valence-electron chi connectivity index (χ3n) is 3.85. The van der Waals surface area contributed by atoms with Crippen molar-refractivity contribution in [1.29, 1.82) is 0 Å². The van der Waals surface area contributed by atoms with Gasteiger partial charge in [-0.15, -0.1) is 0 Å². The number of nitrogens with zero attached hydrogens (tertiary/aromatic N) is 2. The van der Waals surface area contributed by atoms with Crippen LogP contribution >= 0.6 is 11.8 Å². The molecule has 4 heteroatoms. The molecule has 3 rings (SSSR count).